The lowest BCUT2D eigenvalue weighted by Gasteiger charge is -2.11. The quantitative estimate of drug-likeness (QED) is 0.822. The first-order valence-corrected chi connectivity index (χ1v) is 6.72. The summed E-state index contributed by atoms with van der Waals surface area (Å²) in [6, 6.07) is 10.3. The average molecular weight is 279 g/mol. The Balaban J connectivity index is 2.12. The molecule has 0 radical (unpaired) electrons. The Kier molecular flexibility index (Phi) is 5.02. The summed E-state index contributed by atoms with van der Waals surface area (Å²) in [7, 11) is 1.71. The zero-order valence-electron chi connectivity index (χ0n) is 11.3. The van der Waals surface area contributed by atoms with Crippen LogP contribution in [-0.4, -0.2) is 24.8 Å². The maximum atomic E-state index is 6.18. The summed E-state index contributed by atoms with van der Waals surface area (Å²) in [6.45, 7) is 4.38. The molecule has 0 unspecified atom stereocenters. The molecule has 0 atom stereocenters. The summed E-state index contributed by atoms with van der Waals surface area (Å²) in [5, 5.41) is 4.14. The fraction of sp³-hybridized carbons (Fsp3) is 0.333. The first kappa shape index (κ1) is 14.1. The lowest BCUT2D eigenvalue weighted by atomic mass is 10.2. The Labute approximate surface area is 119 Å². The minimum atomic E-state index is 0.719. The van der Waals surface area contributed by atoms with E-state index in [-0.39, 0.29) is 0 Å². The van der Waals surface area contributed by atoms with Crippen molar-refractivity contribution < 1.29 is 4.74 Å². The van der Waals surface area contributed by atoms with E-state index in [9.17, 15) is 0 Å². The van der Waals surface area contributed by atoms with Crippen LogP contribution >= 0.6 is 11.6 Å². The van der Waals surface area contributed by atoms with E-state index in [1.807, 2.05) is 31.3 Å². The second kappa shape index (κ2) is 6.75. The van der Waals surface area contributed by atoms with Gasteiger partial charge in [0.15, 0.2) is 0 Å². The number of nitrogens with one attached hydrogen (secondary N) is 1. The Morgan fingerprint density at radius 1 is 1.32 bits per heavy atom. The van der Waals surface area contributed by atoms with Crippen molar-refractivity contribution in [3.8, 4) is 5.69 Å². The molecule has 4 heteroatoms. The SMILES string of the molecule is COCCNCc1cccn1-c1ccc(C)c(Cl)c1. The summed E-state index contributed by atoms with van der Waals surface area (Å²) in [5.41, 5.74) is 3.39. The van der Waals surface area contributed by atoms with Gasteiger partial charge in [-0.25, -0.2) is 0 Å². The van der Waals surface area contributed by atoms with Crippen LogP contribution in [0.15, 0.2) is 36.5 Å². The van der Waals surface area contributed by atoms with Crippen molar-refractivity contribution in [2.24, 2.45) is 0 Å². The van der Waals surface area contributed by atoms with Crippen LogP contribution < -0.4 is 5.32 Å². The topological polar surface area (TPSA) is 26.2 Å². The first-order valence-electron chi connectivity index (χ1n) is 6.35. The van der Waals surface area contributed by atoms with Crippen molar-refractivity contribution in [2.75, 3.05) is 20.3 Å². The van der Waals surface area contributed by atoms with Gasteiger partial charge in [0.25, 0.3) is 0 Å². The largest absolute Gasteiger partial charge is 0.383 e. The van der Waals surface area contributed by atoms with Gasteiger partial charge in [-0.3, -0.25) is 0 Å². The number of aromatic nitrogens is 1. The van der Waals surface area contributed by atoms with Gasteiger partial charge in [-0.2, -0.15) is 0 Å². The third-order valence-electron chi connectivity index (χ3n) is 3.06. The van der Waals surface area contributed by atoms with Gasteiger partial charge in [0, 0.05) is 42.8 Å². The van der Waals surface area contributed by atoms with E-state index in [1.165, 1.54) is 5.69 Å². The van der Waals surface area contributed by atoms with Crippen molar-refractivity contribution >= 4 is 11.6 Å². The number of nitrogens with zero attached hydrogens (tertiary/aromatic N) is 1. The summed E-state index contributed by atoms with van der Waals surface area (Å²) in [4.78, 5) is 0. The number of methoxy groups -OCH3 is 1. The van der Waals surface area contributed by atoms with Crippen molar-refractivity contribution in [1.29, 1.82) is 0 Å². The summed E-state index contributed by atoms with van der Waals surface area (Å²) < 4.78 is 7.16. The number of halogens is 1. The Hall–Kier alpha value is -1.29. The number of benzene rings is 1. The van der Waals surface area contributed by atoms with Gasteiger partial charge in [0.1, 0.15) is 0 Å². The number of hydrogen-bond acceptors (Lipinski definition) is 2. The van der Waals surface area contributed by atoms with Gasteiger partial charge < -0.3 is 14.6 Å². The van der Waals surface area contributed by atoms with E-state index < -0.39 is 0 Å². The van der Waals surface area contributed by atoms with Crippen molar-refractivity contribution in [2.45, 2.75) is 13.5 Å². The molecule has 0 aliphatic heterocycles. The molecule has 102 valence electrons. The first-order chi connectivity index (χ1) is 9.22. The second-order valence-electron chi connectivity index (χ2n) is 4.47. The molecule has 2 aromatic rings. The molecule has 0 aliphatic rings. The molecule has 19 heavy (non-hydrogen) atoms. The fourth-order valence-corrected chi connectivity index (χ4v) is 2.11. The van der Waals surface area contributed by atoms with E-state index in [0.717, 1.165) is 36.0 Å². The normalized spacial score (nSPS) is 10.9. The van der Waals surface area contributed by atoms with Crippen LogP contribution in [-0.2, 0) is 11.3 Å². The van der Waals surface area contributed by atoms with E-state index in [2.05, 4.69) is 22.0 Å². The molecule has 3 nitrogen and oxygen atoms in total. The molecule has 1 heterocycles. The van der Waals surface area contributed by atoms with E-state index in [4.69, 9.17) is 16.3 Å². The predicted molar refractivity (Wildman–Crippen MR) is 79.1 cm³/mol. The maximum Gasteiger partial charge on any atom is 0.0587 e. The Morgan fingerprint density at radius 3 is 2.89 bits per heavy atom. The van der Waals surface area contributed by atoms with Crippen molar-refractivity contribution in [3.05, 3.63) is 52.8 Å². The number of ether oxygens (including phenoxy) is 1. The molecule has 1 aromatic heterocycles. The number of aryl methyl sites for hydroxylation is 1. The monoisotopic (exact) mass is 278 g/mol. The van der Waals surface area contributed by atoms with Gasteiger partial charge in [-0.15, -0.1) is 0 Å². The van der Waals surface area contributed by atoms with Gasteiger partial charge >= 0.3 is 0 Å². The third kappa shape index (κ3) is 3.60. The molecular formula is C15H19ClN2O. The van der Waals surface area contributed by atoms with Crippen LogP contribution in [0.3, 0.4) is 0 Å². The third-order valence-corrected chi connectivity index (χ3v) is 3.46. The van der Waals surface area contributed by atoms with Gasteiger partial charge in [0.05, 0.1) is 6.61 Å². The van der Waals surface area contributed by atoms with E-state index in [1.54, 1.807) is 7.11 Å². The predicted octanol–water partition coefficient (Wildman–Crippen LogP) is 3.18. The lowest BCUT2D eigenvalue weighted by Crippen LogP contribution is -2.20. The molecule has 0 fully saturated rings. The molecule has 2 rings (SSSR count). The van der Waals surface area contributed by atoms with Crippen molar-refractivity contribution in [3.63, 3.8) is 0 Å². The van der Waals surface area contributed by atoms with Gasteiger partial charge in [0.2, 0.25) is 0 Å². The van der Waals surface area contributed by atoms with Crippen LogP contribution in [0.5, 0.6) is 0 Å². The molecule has 0 amide bonds. The van der Waals surface area contributed by atoms with Crippen LogP contribution in [0.4, 0.5) is 0 Å². The highest BCUT2D eigenvalue weighted by molar-refractivity contribution is 6.31. The lowest BCUT2D eigenvalue weighted by molar-refractivity contribution is 0.199. The molecule has 0 aliphatic carbocycles. The second-order valence-corrected chi connectivity index (χ2v) is 4.88. The zero-order chi connectivity index (χ0) is 13.7. The minimum absolute atomic E-state index is 0.719. The van der Waals surface area contributed by atoms with Crippen LogP contribution in [0, 0.1) is 6.92 Å². The summed E-state index contributed by atoms with van der Waals surface area (Å²) in [5.74, 6) is 0. The smallest absolute Gasteiger partial charge is 0.0587 e. The molecule has 1 aromatic carbocycles. The average Bonchev–Trinajstić information content (AvgIpc) is 2.86. The highest BCUT2D eigenvalue weighted by Gasteiger charge is 2.04. The molecule has 0 bridgehead atoms. The molecular weight excluding hydrogens is 260 g/mol. The fourth-order valence-electron chi connectivity index (χ4n) is 1.93. The molecule has 0 spiro atoms. The maximum absolute atomic E-state index is 6.18. The minimum Gasteiger partial charge on any atom is -0.383 e. The van der Waals surface area contributed by atoms with E-state index in [0.29, 0.717) is 0 Å². The molecule has 1 N–H and O–H groups in total. The number of hydrogen-bond donors (Lipinski definition) is 1. The van der Waals surface area contributed by atoms with Crippen LogP contribution in [0.1, 0.15) is 11.3 Å². The Bertz CT molecular complexity index is 537. The standard InChI is InChI=1S/C15H19ClN2O/c1-12-5-6-13(10-15(12)16)18-8-3-4-14(18)11-17-7-9-19-2/h3-6,8,10,17H,7,9,11H2,1-2H3. The Morgan fingerprint density at radius 2 is 2.16 bits per heavy atom. The molecule has 0 saturated carbocycles. The molecule has 0 saturated heterocycles. The highest BCUT2D eigenvalue weighted by atomic mass is 35.5. The van der Waals surface area contributed by atoms with Crippen molar-refractivity contribution in [1.82, 2.24) is 9.88 Å². The number of rotatable bonds is 6. The van der Waals surface area contributed by atoms with E-state index >= 15 is 0 Å². The van der Waals surface area contributed by atoms with Gasteiger partial charge in [-0.05, 0) is 36.8 Å². The zero-order valence-corrected chi connectivity index (χ0v) is 12.1. The van der Waals surface area contributed by atoms with Crippen LogP contribution in [0.2, 0.25) is 5.02 Å². The highest BCUT2D eigenvalue weighted by Crippen LogP contribution is 2.21. The van der Waals surface area contributed by atoms with Gasteiger partial charge in [-0.1, -0.05) is 17.7 Å². The summed E-state index contributed by atoms with van der Waals surface area (Å²) in [6.07, 6.45) is 2.05. The summed E-state index contributed by atoms with van der Waals surface area (Å²) >= 11 is 6.18. The van der Waals surface area contributed by atoms with Crippen LogP contribution in [0.25, 0.3) is 5.69 Å².